The van der Waals surface area contributed by atoms with E-state index in [9.17, 15) is 14.7 Å². The van der Waals surface area contributed by atoms with Gasteiger partial charge < -0.3 is 19.9 Å². The Morgan fingerprint density at radius 3 is 2.39 bits per heavy atom. The topological polar surface area (TPSA) is 76.6 Å². The lowest BCUT2D eigenvalue weighted by Gasteiger charge is -2.37. The maximum Gasteiger partial charge on any atom is 0.407 e. The van der Waals surface area contributed by atoms with Crippen molar-refractivity contribution < 1.29 is 14.7 Å². The standard InChI is InChI=1S/C29H30ClN3O3/c1-7-16-12-19(28(2,3)4)23-21(13-16)31-26-24(23)25(34)17-14-20(30)22(15-18(17)29(26,5)6)32-8-10-33(11-9-32)27(35)36/h1,12-15,31H,8-11H2,2-6H3,(H,35,36). The number of ketones is 1. The van der Waals surface area contributed by atoms with E-state index in [1.54, 1.807) is 6.07 Å². The molecule has 36 heavy (non-hydrogen) atoms. The van der Waals surface area contributed by atoms with Gasteiger partial charge in [0.2, 0.25) is 0 Å². The molecule has 0 atom stereocenters. The largest absolute Gasteiger partial charge is 0.465 e. The molecule has 1 aromatic heterocycles. The number of halogens is 1. The lowest BCUT2D eigenvalue weighted by Crippen LogP contribution is -2.48. The van der Waals surface area contributed by atoms with Crippen LogP contribution in [0, 0.1) is 12.3 Å². The summed E-state index contributed by atoms with van der Waals surface area (Å²) in [4.78, 5) is 32.4. The number of benzene rings is 2. The van der Waals surface area contributed by atoms with E-state index in [1.165, 1.54) is 4.90 Å². The van der Waals surface area contributed by atoms with E-state index in [1.807, 2.05) is 18.2 Å². The first-order chi connectivity index (χ1) is 16.8. The van der Waals surface area contributed by atoms with Gasteiger partial charge in [-0.3, -0.25) is 4.79 Å². The molecule has 186 valence electrons. The second-order valence-corrected chi connectivity index (χ2v) is 11.7. The summed E-state index contributed by atoms with van der Waals surface area (Å²) in [6.07, 6.45) is 4.86. The van der Waals surface area contributed by atoms with Crippen LogP contribution >= 0.6 is 11.6 Å². The Labute approximate surface area is 216 Å². The van der Waals surface area contributed by atoms with Gasteiger partial charge in [0, 0.05) is 59.3 Å². The van der Waals surface area contributed by atoms with Gasteiger partial charge in [-0.05, 0) is 40.8 Å². The molecular formula is C29H30ClN3O3. The third-order valence-corrected chi connectivity index (χ3v) is 7.92. The van der Waals surface area contributed by atoms with Crippen molar-refractivity contribution >= 4 is 40.1 Å². The molecule has 7 heteroatoms. The zero-order valence-electron chi connectivity index (χ0n) is 21.3. The first-order valence-corrected chi connectivity index (χ1v) is 12.5. The normalized spacial score (nSPS) is 17.1. The number of carbonyl (C=O) groups excluding carboxylic acids is 1. The van der Waals surface area contributed by atoms with E-state index in [2.05, 4.69) is 50.4 Å². The van der Waals surface area contributed by atoms with Crippen molar-refractivity contribution in [2.45, 2.75) is 45.4 Å². The Hall–Kier alpha value is -3.43. The van der Waals surface area contributed by atoms with Crippen molar-refractivity contribution in [2.75, 3.05) is 31.1 Å². The van der Waals surface area contributed by atoms with Crippen LogP contribution in [-0.2, 0) is 10.8 Å². The van der Waals surface area contributed by atoms with E-state index in [0.717, 1.165) is 39.0 Å². The van der Waals surface area contributed by atoms with Crippen molar-refractivity contribution in [2.24, 2.45) is 0 Å². The Kier molecular flexibility index (Phi) is 5.42. The number of terminal acetylenes is 1. The zero-order chi connectivity index (χ0) is 26.2. The van der Waals surface area contributed by atoms with E-state index >= 15 is 0 Å². The van der Waals surface area contributed by atoms with Gasteiger partial charge in [0.15, 0.2) is 5.78 Å². The number of rotatable bonds is 1. The van der Waals surface area contributed by atoms with Crippen LogP contribution in [-0.4, -0.2) is 53.0 Å². The molecule has 6 nitrogen and oxygen atoms in total. The highest BCUT2D eigenvalue weighted by atomic mass is 35.5. The Bertz CT molecular complexity index is 1480. The minimum absolute atomic E-state index is 0.0475. The number of anilines is 1. The average Bonchev–Trinajstić information content (AvgIpc) is 3.22. The summed E-state index contributed by atoms with van der Waals surface area (Å²) in [6.45, 7) is 12.5. The van der Waals surface area contributed by atoms with Crippen molar-refractivity contribution in [3.8, 4) is 12.3 Å². The molecule has 2 aromatic carbocycles. The van der Waals surface area contributed by atoms with Crippen LogP contribution in [0.15, 0.2) is 24.3 Å². The third kappa shape index (κ3) is 3.57. The number of aromatic nitrogens is 1. The van der Waals surface area contributed by atoms with Gasteiger partial charge in [-0.25, -0.2) is 4.79 Å². The van der Waals surface area contributed by atoms with E-state index in [4.69, 9.17) is 18.0 Å². The van der Waals surface area contributed by atoms with Gasteiger partial charge >= 0.3 is 6.09 Å². The first-order valence-electron chi connectivity index (χ1n) is 12.1. The first kappa shape index (κ1) is 24.3. The molecule has 5 rings (SSSR count). The summed E-state index contributed by atoms with van der Waals surface area (Å²) in [7, 11) is 0. The number of nitrogens with one attached hydrogen (secondary N) is 1. The summed E-state index contributed by atoms with van der Waals surface area (Å²) in [6, 6.07) is 7.75. The van der Waals surface area contributed by atoms with Gasteiger partial charge in [-0.15, -0.1) is 6.42 Å². The van der Waals surface area contributed by atoms with Crippen molar-refractivity contribution in [3.63, 3.8) is 0 Å². The lowest BCUT2D eigenvalue weighted by atomic mass is 9.70. The third-order valence-electron chi connectivity index (χ3n) is 7.62. The van der Waals surface area contributed by atoms with Crippen LogP contribution < -0.4 is 4.90 Å². The van der Waals surface area contributed by atoms with Crippen LogP contribution in [0.3, 0.4) is 0 Å². The highest BCUT2D eigenvalue weighted by Gasteiger charge is 2.42. The molecule has 1 fully saturated rings. The summed E-state index contributed by atoms with van der Waals surface area (Å²) >= 11 is 6.76. The quantitative estimate of drug-likeness (QED) is 0.413. The molecule has 0 bridgehead atoms. The molecular weight excluding hydrogens is 474 g/mol. The molecule has 1 aliphatic carbocycles. The smallest absolute Gasteiger partial charge is 0.407 e. The van der Waals surface area contributed by atoms with Crippen molar-refractivity contribution in [1.82, 2.24) is 9.88 Å². The number of amides is 1. The van der Waals surface area contributed by atoms with E-state index < -0.39 is 11.5 Å². The number of aromatic amines is 1. The van der Waals surface area contributed by atoms with Crippen LogP contribution in [0.1, 0.15) is 72.9 Å². The Balaban J connectivity index is 1.68. The van der Waals surface area contributed by atoms with Crippen LogP contribution in [0.2, 0.25) is 5.02 Å². The van der Waals surface area contributed by atoms with Crippen molar-refractivity contribution in [1.29, 1.82) is 0 Å². The fourth-order valence-corrected chi connectivity index (χ4v) is 5.90. The second-order valence-electron chi connectivity index (χ2n) is 11.3. The maximum atomic E-state index is 14.1. The SMILES string of the molecule is C#Cc1cc(C(C)(C)C)c2c3c([nH]c2c1)C(C)(C)c1cc(N2CCN(C(=O)O)CC2)c(Cl)cc1C3=O. The number of piperazine rings is 1. The summed E-state index contributed by atoms with van der Waals surface area (Å²) in [5, 5.41) is 10.7. The number of fused-ring (bicyclic) bond motifs is 4. The fourth-order valence-electron chi connectivity index (χ4n) is 5.62. The minimum atomic E-state index is -0.910. The number of carbonyl (C=O) groups is 2. The molecule has 0 radical (unpaired) electrons. The molecule has 1 aliphatic heterocycles. The van der Waals surface area contributed by atoms with Crippen LogP contribution in [0.5, 0.6) is 0 Å². The summed E-state index contributed by atoms with van der Waals surface area (Å²) < 4.78 is 0. The highest BCUT2D eigenvalue weighted by Crippen LogP contribution is 2.48. The van der Waals surface area contributed by atoms with Gasteiger partial charge in [-0.2, -0.15) is 0 Å². The zero-order valence-corrected chi connectivity index (χ0v) is 22.0. The Morgan fingerprint density at radius 1 is 1.14 bits per heavy atom. The van der Waals surface area contributed by atoms with Gasteiger partial charge in [-0.1, -0.05) is 52.1 Å². The van der Waals surface area contributed by atoms with Crippen LogP contribution in [0.4, 0.5) is 10.5 Å². The average molecular weight is 504 g/mol. The summed E-state index contributed by atoms with van der Waals surface area (Å²) in [5.74, 6) is 2.71. The predicted molar refractivity (Wildman–Crippen MR) is 144 cm³/mol. The predicted octanol–water partition coefficient (Wildman–Crippen LogP) is 5.77. The molecule has 1 amide bonds. The molecule has 0 spiro atoms. The lowest BCUT2D eigenvalue weighted by molar-refractivity contribution is 0.103. The van der Waals surface area contributed by atoms with Gasteiger partial charge in [0.1, 0.15) is 0 Å². The number of hydrogen-bond donors (Lipinski definition) is 2. The molecule has 2 heterocycles. The number of carboxylic acid groups (broad SMARTS) is 1. The Morgan fingerprint density at radius 2 is 1.81 bits per heavy atom. The number of hydrogen-bond acceptors (Lipinski definition) is 3. The molecule has 2 aliphatic rings. The minimum Gasteiger partial charge on any atom is -0.465 e. The summed E-state index contributed by atoms with van der Waals surface area (Å²) in [5.41, 5.74) is 5.87. The van der Waals surface area contributed by atoms with E-state index in [0.29, 0.717) is 42.3 Å². The maximum absolute atomic E-state index is 14.1. The number of nitrogens with zero attached hydrogens (tertiary/aromatic N) is 2. The van der Waals surface area contributed by atoms with Crippen molar-refractivity contribution in [3.05, 3.63) is 62.8 Å². The molecule has 0 unspecified atom stereocenters. The molecule has 1 saturated heterocycles. The second kappa shape index (κ2) is 8.04. The molecule has 0 saturated carbocycles. The van der Waals surface area contributed by atoms with Crippen LogP contribution in [0.25, 0.3) is 10.9 Å². The number of H-pyrrole nitrogens is 1. The molecule has 3 aromatic rings. The highest BCUT2D eigenvalue weighted by molar-refractivity contribution is 6.34. The van der Waals surface area contributed by atoms with E-state index in [-0.39, 0.29) is 11.2 Å². The van der Waals surface area contributed by atoms with Gasteiger partial charge in [0.25, 0.3) is 0 Å². The fraction of sp³-hybridized carbons (Fsp3) is 0.379. The monoisotopic (exact) mass is 503 g/mol. The van der Waals surface area contributed by atoms with Gasteiger partial charge in [0.05, 0.1) is 16.3 Å². The molecule has 2 N–H and O–H groups in total.